The van der Waals surface area contributed by atoms with Crippen LogP contribution in [0.1, 0.15) is 45.6 Å². The van der Waals surface area contributed by atoms with Gasteiger partial charge in [0.15, 0.2) is 0 Å². The number of halogens is 4. The Morgan fingerprint density at radius 1 is 1.10 bits per heavy atom. The van der Waals surface area contributed by atoms with E-state index in [4.69, 9.17) is 0 Å². The van der Waals surface area contributed by atoms with Crippen molar-refractivity contribution >= 4 is 0 Å². The molecule has 1 rings (SSSR count). The van der Waals surface area contributed by atoms with Crippen molar-refractivity contribution in [3.05, 3.63) is 35.6 Å². The summed E-state index contributed by atoms with van der Waals surface area (Å²) in [5, 5.41) is 3.20. The summed E-state index contributed by atoms with van der Waals surface area (Å²) in [5.41, 5.74) is 0.327. The van der Waals surface area contributed by atoms with E-state index in [0.717, 1.165) is 12.0 Å². The molecule has 0 amide bonds. The molecule has 5 heteroatoms. The molecule has 21 heavy (non-hydrogen) atoms. The van der Waals surface area contributed by atoms with Gasteiger partial charge < -0.3 is 5.32 Å². The highest BCUT2D eigenvalue weighted by Gasteiger charge is 2.35. The van der Waals surface area contributed by atoms with Gasteiger partial charge in [0.1, 0.15) is 5.82 Å². The van der Waals surface area contributed by atoms with E-state index in [0.29, 0.717) is 6.54 Å². The van der Waals surface area contributed by atoms with Crippen LogP contribution in [0.2, 0.25) is 0 Å². The molecule has 0 fully saturated rings. The summed E-state index contributed by atoms with van der Waals surface area (Å²) in [6, 6.07) is 5.66. The summed E-state index contributed by atoms with van der Waals surface area (Å²) in [5.74, 6) is -0.345. The van der Waals surface area contributed by atoms with E-state index in [-0.39, 0.29) is 18.3 Å². The second kappa shape index (κ2) is 7.25. The summed E-state index contributed by atoms with van der Waals surface area (Å²) in [6.07, 6.45) is -4.13. The van der Waals surface area contributed by atoms with E-state index < -0.39 is 18.0 Å². The third-order valence-corrected chi connectivity index (χ3v) is 3.82. The van der Waals surface area contributed by atoms with Crippen molar-refractivity contribution in [1.82, 2.24) is 5.32 Å². The predicted molar refractivity (Wildman–Crippen MR) is 76.8 cm³/mol. The number of rotatable bonds is 7. The summed E-state index contributed by atoms with van der Waals surface area (Å²) < 4.78 is 50.5. The molecule has 1 nitrogen and oxygen atoms in total. The third-order valence-electron chi connectivity index (χ3n) is 3.82. The van der Waals surface area contributed by atoms with Crippen LogP contribution in [0.3, 0.4) is 0 Å². The second-order valence-electron chi connectivity index (χ2n) is 5.89. The molecule has 1 unspecified atom stereocenters. The first-order valence-electron chi connectivity index (χ1n) is 7.23. The fourth-order valence-electron chi connectivity index (χ4n) is 2.43. The van der Waals surface area contributed by atoms with Gasteiger partial charge >= 0.3 is 6.18 Å². The lowest BCUT2D eigenvalue weighted by molar-refractivity contribution is -0.137. The van der Waals surface area contributed by atoms with Gasteiger partial charge in [-0.05, 0) is 37.1 Å². The van der Waals surface area contributed by atoms with Crippen LogP contribution in [0.15, 0.2) is 24.3 Å². The van der Waals surface area contributed by atoms with Gasteiger partial charge in [-0.2, -0.15) is 13.2 Å². The summed E-state index contributed by atoms with van der Waals surface area (Å²) in [4.78, 5) is 0. The van der Waals surface area contributed by atoms with Crippen molar-refractivity contribution in [2.75, 3.05) is 6.54 Å². The average molecular weight is 305 g/mol. The van der Waals surface area contributed by atoms with E-state index in [1.807, 2.05) is 20.8 Å². The van der Waals surface area contributed by atoms with Gasteiger partial charge in [-0.25, -0.2) is 4.39 Å². The van der Waals surface area contributed by atoms with Crippen molar-refractivity contribution in [3.8, 4) is 0 Å². The van der Waals surface area contributed by atoms with E-state index in [1.54, 1.807) is 12.1 Å². The lowest BCUT2D eigenvalue weighted by Crippen LogP contribution is -2.45. The predicted octanol–water partition coefficient (Wildman–Crippen LogP) is 4.81. The smallest absolute Gasteiger partial charge is 0.313 e. The Morgan fingerprint density at radius 2 is 1.67 bits per heavy atom. The van der Waals surface area contributed by atoms with Crippen LogP contribution >= 0.6 is 0 Å². The Labute approximate surface area is 123 Å². The highest BCUT2D eigenvalue weighted by Crippen LogP contribution is 2.32. The van der Waals surface area contributed by atoms with Crippen molar-refractivity contribution < 1.29 is 17.6 Å². The molecule has 0 aliphatic rings. The first-order chi connectivity index (χ1) is 9.66. The van der Waals surface area contributed by atoms with Gasteiger partial charge in [-0.1, -0.05) is 32.9 Å². The number of hydrogen-bond acceptors (Lipinski definition) is 1. The normalized spacial score (nSPS) is 14.2. The van der Waals surface area contributed by atoms with Crippen molar-refractivity contribution in [1.29, 1.82) is 0 Å². The lowest BCUT2D eigenvalue weighted by atomic mass is 9.76. The third kappa shape index (κ3) is 5.65. The van der Waals surface area contributed by atoms with Crippen LogP contribution in [-0.2, 0) is 5.41 Å². The van der Waals surface area contributed by atoms with E-state index in [2.05, 4.69) is 5.32 Å². The van der Waals surface area contributed by atoms with Crippen molar-refractivity contribution in [3.63, 3.8) is 0 Å². The summed E-state index contributed by atoms with van der Waals surface area (Å²) in [7, 11) is 0. The SMILES string of the molecule is CCCNC(CCC(F)(F)F)C(C)(C)c1ccc(F)cc1. The quantitative estimate of drug-likeness (QED) is 0.713. The molecule has 0 saturated carbocycles. The Bertz CT molecular complexity index is 423. The van der Waals surface area contributed by atoms with Crippen molar-refractivity contribution in [2.45, 2.75) is 57.7 Å². The fraction of sp³-hybridized carbons (Fsp3) is 0.625. The zero-order chi connectivity index (χ0) is 16.1. The summed E-state index contributed by atoms with van der Waals surface area (Å²) >= 11 is 0. The molecule has 0 bridgehead atoms. The molecule has 0 aliphatic carbocycles. The second-order valence-corrected chi connectivity index (χ2v) is 5.89. The molecule has 0 aromatic heterocycles. The lowest BCUT2D eigenvalue weighted by Gasteiger charge is -2.36. The molecule has 1 N–H and O–H groups in total. The van der Waals surface area contributed by atoms with Gasteiger partial charge in [0.25, 0.3) is 0 Å². The first kappa shape index (κ1) is 18.0. The Kier molecular flexibility index (Phi) is 6.20. The maximum absolute atomic E-state index is 13.0. The topological polar surface area (TPSA) is 12.0 Å². The van der Waals surface area contributed by atoms with Gasteiger partial charge in [-0.3, -0.25) is 0 Å². The van der Waals surface area contributed by atoms with Crippen molar-refractivity contribution in [2.24, 2.45) is 0 Å². The Hall–Kier alpha value is -1.10. The molecular weight excluding hydrogens is 282 g/mol. The van der Waals surface area contributed by atoms with Crippen LogP contribution in [0.5, 0.6) is 0 Å². The molecule has 0 aliphatic heterocycles. The number of nitrogens with one attached hydrogen (secondary N) is 1. The average Bonchev–Trinajstić information content (AvgIpc) is 2.37. The number of benzene rings is 1. The highest BCUT2D eigenvalue weighted by atomic mass is 19.4. The maximum Gasteiger partial charge on any atom is 0.389 e. The minimum absolute atomic E-state index is 0.00781. The van der Waals surface area contributed by atoms with Crippen LogP contribution in [-0.4, -0.2) is 18.8 Å². The largest absolute Gasteiger partial charge is 0.389 e. The van der Waals surface area contributed by atoms with Gasteiger partial charge in [0.05, 0.1) is 0 Å². The zero-order valence-corrected chi connectivity index (χ0v) is 12.7. The molecule has 0 spiro atoms. The Balaban J connectivity index is 2.90. The molecule has 1 atom stereocenters. The molecule has 0 saturated heterocycles. The first-order valence-corrected chi connectivity index (χ1v) is 7.23. The molecular formula is C16H23F4N. The van der Waals surface area contributed by atoms with Gasteiger partial charge in [-0.15, -0.1) is 0 Å². The molecule has 120 valence electrons. The van der Waals surface area contributed by atoms with Crippen LogP contribution < -0.4 is 5.32 Å². The molecule has 0 radical (unpaired) electrons. The summed E-state index contributed by atoms with van der Waals surface area (Å²) in [6.45, 7) is 6.42. The molecule has 1 aromatic carbocycles. The Morgan fingerprint density at radius 3 is 2.14 bits per heavy atom. The number of alkyl halides is 3. The van der Waals surface area contributed by atoms with E-state index >= 15 is 0 Å². The number of hydrogen-bond donors (Lipinski definition) is 1. The van der Waals surface area contributed by atoms with E-state index in [1.165, 1.54) is 12.1 Å². The van der Waals surface area contributed by atoms with Crippen LogP contribution in [0.25, 0.3) is 0 Å². The van der Waals surface area contributed by atoms with Gasteiger partial charge in [0.2, 0.25) is 0 Å². The van der Waals surface area contributed by atoms with Crippen LogP contribution in [0.4, 0.5) is 17.6 Å². The standard InChI is InChI=1S/C16H23F4N/c1-4-11-21-14(9-10-16(18,19)20)15(2,3)12-5-7-13(17)8-6-12/h5-8,14,21H,4,9-11H2,1-3H3. The minimum Gasteiger partial charge on any atom is -0.313 e. The highest BCUT2D eigenvalue weighted by molar-refractivity contribution is 5.26. The maximum atomic E-state index is 13.0. The van der Waals surface area contributed by atoms with Crippen LogP contribution in [0, 0.1) is 5.82 Å². The monoisotopic (exact) mass is 305 g/mol. The minimum atomic E-state index is -4.16. The fourth-order valence-corrected chi connectivity index (χ4v) is 2.43. The zero-order valence-electron chi connectivity index (χ0n) is 12.7. The molecule has 0 heterocycles. The van der Waals surface area contributed by atoms with E-state index in [9.17, 15) is 17.6 Å². The van der Waals surface area contributed by atoms with Gasteiger partial charge in [0, 0.05) is 17.9 Å². The molecule has 1 aromatic rings.